The molecule has 5 aromatic carbocycles. The molecule has 4 nitrogen and oxygen atoms in total. The van der Waals surface area contributed by atoms with Gasteiger partial charge in [0.2, 0.25) is 0 Å². The van der Waals surface area contributed by atoms with Crippen molar-refractivity contribution in [2.75, 3.05) is 0 Å². The minimum atomic E-state index is -0.0988. The molecule has 2 heterocycles. The van der Waals surface area contributed by atoms with Crippen LogP contribution >= 0.6 is 0 Å². The molecule has 7 aromatic rings. The van der Waals surface area contributed by atoms with E-state index < -0.39 is 0 Å². The predicted molar refractivity (Wildman–Crippen MR) is 209 cm³/mol. The van der Waals surface area contributed by atoms with E-state index in [4.69, 9.17) is 9.97 Å². The summed E-state index contributed by atoms with van der Waals surface area (Å²) in [5.41, 5.74) is 13.9. The van der Waals surface area contributed by atoms with Crippen LogP contribution in [0.4, 0.5) is 0 Å². The van der Waals surface area contributed by atoms with Gasteiger partial charge in [-0.1, -0.05) is 115 Å². The number of benzene rings is 5. The molecule has 0 saturated heterocycles. The highest BCUT2D eigenvalue weighted by Gasteiger charge is 2.22. The first-order chi connectivity index (χ1) is 24.0. The maximum Gasteiger partial charge on any atom is 0.149 e. The Labute approximate surface area is 296 Å². The average Bonchev–Trinajstić information content (AvgIpc) is 3.51. The second-order valence-electron chi connectivity index (χ2n) is 15.0. The Morgan fingerprint density at radius 2 is 1.26 bits per heavy atom. The van der Waals surface area contributed by atoms with Crippen LogP contribution in [0.2, 0.25) is 0 Å². The molecule has 0 amide bonds. The summed E-state index contributed by atoms with van der Waals surface area (Å²) in [6.45, 7) is 15.8. The summed E-state index contributed by atoms with van der Waals surface area (Å²) >= 11 is 0. The first kappa shape index (κ1) is 33.0. The van der Waals surface area contributed by atoms with E-state index in [1.807, 2.05) is 42.6 Å². The number of para-hydroxylation sites is 3. The van der Waals surface area contributed by atoms with Crippen molar-refractivity contribution in [3.63, 3.8) is 0 Å². The lowest BCUT2D eigenvalue weighted by atomic mass is 9.83. The van der Waals surface area contributed by atoms with E-state index in [1.165, 1.54) is 22.3 Å². The Bertz CT molecular complexity index is 2300. The Kier molecular flexibility index (Phi) is 8.65. The summed E-state index contributed by atoms with van der Waals surface area (Å²) < 4.78 is 2.14. The van der Waals surface area contributed by atoms with Crippen molar-refractivity contribution in [2.24, 2.45) is 0 Å². The van der Waals surface area contributed by atoms with Gasteiger partial charge in [0.1, 0.15) is 11.6 Å². The quantitative estimate of drug-likeness (QED) is 0.186. The number of aromatic hydroxyl groups is 1. The van der Waals surface area contributed by atoms with Gasteiger partial charge < -0.3 is 5.11 Å². The van der Waals surface area contributed by atoms with Crippen molar-refractivity contribution < 1.29 is 5.11 Å². The molecule has 7 rings (SSSR count). The van der Waals surface area contributed by atoms with Gasteiger partial charge in [0.05, 0.1) is 22.3 Å². The monoisotopic (exact) mass is 655 g/mol. The van der Waals surface area contributed by atoms with Gasteiger partial charge >= 0.3 is 0 Å². The van der Waals surface area contributed by atoms with Crippen molar-refractivity contribution in [3.05, 3.63) is 144 Å². The topological polar surface area (TPSA) is 50.9 Å². The molecule has 0 aliphatic heterocycles. The Balaban J connectivity index is 1.43. The highest BCUT2D eigenvalue weighted by Crippen LogP contribution is 2.40. The molecule has 0 unspecified atom stereocenters. The third-order valence-corrected chi connectivity index (χ3v) is 9.65. The largest absolute Gasteiger partial charge is 0.507 e. The Morgan fingerprint density at radius 1 is 0.600 bits per heavy atom. The zero-order chi connectivity index (χ0) is 35.2. The average molecular weight is 656 g/mol. The van der Waals surface area contributed by atoms with Gasteiger partial charge in [-0.05, 0) is 105 Å². The highest BCUT2D eigenvalue weighted by molar-refractivity contribution is 5.96. The number of hydrogen-bond acceptors (Lipinski definition) is 3. The molecule has 4 heteroatoms. The van der Waals surface area contributed by atoms with Crippen LogP contribution in [0.3, 0.4) is 0 Å². The lowest BCUT2D eigenvalue weighted by Crippen LogP contribution is -2.11. The van der Waals surface area contributed by atoms with E-state index >= 15 is 0 Å². The summed E-state index contributed by atoms with van der Waals surface area (Å²) in [6.07, 6.45) is 1.94. The molecule has 250 valence electrons. The molecule has 0 fully saturated rings. The van der Waals surface area contributed by atoms with Gasteiger partial charge in [-0.2, -0.15) is 0 Å². The van der Waals surface area contributed by atoms with Crippen LogP contribution in [-0.4, -0.2) is 19.6 Å². The molecular weight excluding hydrogens is 611 g/mol. The van der Waals surface area contributed by atoms with E-state index in [0.29, 0.717) is 23.2 Å². The lowest BCUT2D eigenvalue weighted by molar-refractivity contribution is 0.477. The van der Waals surface area contributed by atoms with E-state index in [-0.39, 0.29) is 11.2 Å². The summed E-state index contributed by atoms with van der Waals surface area (Å²) in [7, 11) is 0. The fourth-order valence-corrected chi connectivity index (χ4v) is 6.66. The van der Waals surface area contributed by atoms with Gasteiger partial charge in [-0.25, -0.2) is 4.98 Å². The first-order valence-electron chi connectivity index (χ1n) is 17.6. The van der Waals surface area contributed by atoms with Crippen LogP contribution in [0, 0.1) is 0 Å². The van der Waals surface area contributed by atoms with Crippen molar-refractivity contribution in [1.29, 1.82) is 0 Å². The van der Waals surface area contributed by atoms with E-state index in [9.17, 15) is 5.11 Å². The van der Waals surface area contributed by atoms with Crippen LogP contribution in [0.15, 0.2) is 128 Å². The fraction of sp³-hybridized carbons (Fsp3) is 0.217. The number of fused-ring (bicyclic) bond motifs is 1. The van der Waals surface area contributed by atoms with Crippen LogP contribution in [-0.2, 0) is 5.41 Å². The number of aromatic nitrogens is 3. The van der Waals surface area contributed by atoms with Gasteiger partial charge in [-0.3, -0.25) is 9.55 Å². The second kappa shape index (κ2) is 13.1. The Morgan fingerprint density at radius 3 is 1.94 bits per heavy atom. The summed E-state index contributed by atoms with van der Waals surface area (Å²) in [6, 6.07) is 42.2. The van der Waals surface area contributed by atoms with Crippen molar-refractivity contribution >= 4 is 11.0 Å². The molecule has 0 spiro atoms. The van der Waals surface area contributed by atoms with Crippen molar-refractivity contribution in [1.82, 2.24) is 14.5 Å². The van der Waals surface area contributed by atoms with E-state index in [1.54, 1.807) is 6.07 Å². The number of imidazole rings is 1. The highest BCUT2D eigenvalue weighted by atomic mass is 16.3. The molecule has 2 aromatic heterocycles. The fourth-order valence-electron chi connectivity index (χ4n) is 6.66. The maximum absolute atomic E-state index is 11.0. The number of phenols is 1. The summed E-state index contributed by atoms with van der Waals surface area (Å²) in [5, 5.41) is 11.0. The smallest absolute Gasteiger partial charge is 0.149 e. The van der Waals surface area contributed by atoms with Crippen LogP contribution in [0.5, 0.6) is 5.75 Å². The van der Waals surface area contributed by atoms with E-state index in [2.05, 4.69) is 132 Å². The SMILES string of the molecule is CC(C)c1cc(-c2ccnc(-c3cc(-c4cccc5c4nc(-c4ccccc4O)n5-c4ccccc4)cc(C(C)(C)C)c3)c2)cc(C(C)C)c1. The number of pyridine rings is 1. The molecule has 0 aliphatic rings. The first-order valence-corrected chi connectivity index (χ1v) is 17.6. The van der Waals surface area contributed by atoms with Gasteiger partial charge in [0, 0.05) is 23.0 Å². The summed E-state index contributed by atoms with van der Waals surface area (Å²) in [4.78, 5) is 10.2. The zero-order valence-electron chi connectivity index (χ0n) is 30.1. The van der Waals surface area contributed by atoms with Crippen molar-refractivity contribution in [2.45, 2.75) is 65.7 Å². The van der Waals surface area contributed by atoms with Gasteiger partial charge in [0.15, 0.2) is 0 Å². The number of nitrogens with zero attached hydrogens (tertiary/aromatic N) is 3. The standard InChI is InChI=1S/C46H45N3O/c1-29(2)32-22-33(30(3)4)24-34(23-32)31-20-21-47-41(28-31)36-25-35(26-37(27-36)46(5,6)7)39-17-13-18-42-44(39)48-45(40-16-11-12-19-43(40)50)49(42)38-14-9-8-10-15-38/h8-30,50H,1-7H3. The molecule has 0 atom stereocenters. The minimum Gasteiger partial charge on any atom is -0.507 e. The zero-order valence-corrected chi connectivity index (χ0v) is 30.1. The van der Waals surface area contributed by atoms with Crippen LogP contribution < -0.4 is 0 Å². The molecule has 0 saturated carbocycles. The van der Waals surface area contributed by atoms with Gasteiger partial charge in [0.25, 0.3) is 0 Å². The minimum absolute atomic E-state index is 0.0988. The number of rotatable bonds is 7. The number of hydrogen-bond donors (Lipinski definition) is 1. The third kappa shape index (κ3) is 6.34. The molecule has 0 radical (unpaired) electrons. The van der Waals surface area contributed by atoms with Crippen molar-refractivity contribution in [3.8, 4) is 56.3 Å². The molecule has 0 bridgehead atoms. The molecule has 50 heavy (non-hydrogen) atoms. The van der Waals surface area contributed by atoms with Gasteiger partial charge in [-0.15, -0.1) is 0 Å². The molecule has 0 aliphatic carbocycles. The predicted octanol–water partition coefficient (Wildman–Crippen LogP) is 12.3. The normalized spacial score (nSPS) is 11.9. The number of phenolic OH excluding ortho intramolecular Hbond substituents is 1. The summed E-state index contributed by atoms with van der Waals surface area (Å²) in [5.74, 6) is 1.78. The van der Waals surface area contributed by atoms with Crippen LogP contribution in [0.25, 0.3) is 61.6 Å². The molecule has 1 N–H and O–H groups in total. The third-order valence-electron chi connectivity index (χ3n) is 9.65. The maximum atomic E-state index is 11.0. The Hall–Kier alpha value is -5.48. The second-order valence-corrected chi connectivity index (χ2v) is 15.0. The lowest BCUT2D eigenvalue weighted by Gasteiger charge is -2.22. The molecular formula is C46H45N3O. The van der Waals surface area contributed by atoms with E-state index in [0.717, 1.165) is 44.7 Å². The van der Waals surface area contributed by atoms with Crippen LogP contribution in [0.1, 0.15) is 77.0 Å².